The molecule has 0 heterocycles. The van der Waals surface area contributed by atoms with E-state index in [9.17, 15) is 4.79 Å². The quantitative estimate of drug-likeness (QED) is 0.721. The van der Waals surface area contributed by atoms with E-state index in [1.54, 1.807) is 13.2 Å². The average Bonchev–Trinajstić information content (AvgIpc) is 2.42. The van der Waals surface area contributed by atoms with Crippen LogP contribution in [0.4, 0.5) is 0 Å². The van der Waals surface area contributed by atoms with Crippen LogP contribution < -0.4 is 15.8 Å². The summed E-state index contributed by atoms with van der Waals surface area (Å²) >= 11 is 6.09. The van der Waals surface area contributed by atoms with Gasteiger partial charge in [0.05, 0.1) is 7.11 Å². The number of methoxy groups -OCH3 is 1. The molecular weight excluding hydrogens is 264 g/mol. The highest BCUT2D eigenvalue weighted by Crippen LogP contribution is 2.25. The van der Waals surface area contributed by atoms with Crippen LogP contribution in [0.25, 0.3) is 0 Å². The first kappa shape index (κ1) is 15.8. The zero-order valence-electron chi connectivity index (χ0n) is 11.2. The smallest absolute Gasteiger partial charge is 0.220 e. The molecule has 0 aliphatic rings. The molecular formula is C14H21ClN2O2. The van der Waals surface area contributed by atoms with Gasteiger partial charge in [-0.25, -0.2) is 0 Å². The zero-order valence-corrected chi connectivity index (χ0v) is 12.0. The van der Waals surface area contributed by atoms with Crippen LogP contribution in [0.3, 0.4) is 0 Å². The van der Waals surface area contributed by atoms with Crippen molar-refractivity contribution in [2.45, 2.75) is 32.2 Å². The maximum atomic E-state index is 11.7. The van der Waals surface area contributed by atoms with Gasteiger partial charge in [0.25, 0.3) is 0 Å². The zero-order chi connectivity index (χ0) is 14.1. The molecule has 0 aliphatic carbocycles. The fraction of sp³-hybridized carbons (Fsp3) is 0.500. The Labute approximate surface area is 119 Å². The number of carbonyl (C=O) groups excluding carboxylic acids is 1. The minimum Gasteiger partial charge on any atom is -0.496 e. The monoisotopic (exact) mass is 284 g/mol. The summed E-state index contributed by atoms with van der Waals surface area (Å²) in [7, 11) is 1.59. The number of unbranched alkanes of at least 4 members (excludes halogenated alkanes) is 2. The van der Waals surface area contributed by atoms with Gasteiger partial charge in [-0.05, 0) is 31.5 Å². The molecule has 5 heteroatoms. The number of halogens is 1. The molecule has 4 nitrogen and oxygen atoms in total. The molecule has 0 radical (unpaired) electrons. The van der Waals surface area contributed by atoms with Gasteiger partial charge in [-0.1, -0.05) is 24.1 Å². The Morgan fingerprint density at radius 3 is 2.84 bits per heavy atom. The fourth-order valence-electron chi connectivity index (χ4n) is 1.78. The number of nitrogens with one attached hydrogen (secondary N) is 1. The molecule has 0 saturated heterocycles. The maximum absolute atomic E-state index is 11.7. The predicted octanol–water partition coefficient (Wildman–Crippen LogP) is 2.48. The van der Waals surface area contributed by atoms with Crippen molar-refractivity contribution in [3.63, 3.8) is 0 Å². The molecule has 0 aliphatic heterocycles. The van der Waals surface area contributed by atoms with Crippen LogP contribution in [-0.2, 0) is 11.3 Å². The van der Waals surface area contributed by atoms with Gasteiger partial charge >= 0.3 is 0 Å². The van der Waals surface area contributed by atoms with Crippen molar-refractivity contribution in [3.05, 3.63) is 28.8 Å². The Morgan fingerprint density at radius 1 is 1.37 bits per heavy atom. The summed E-state index contributed by atoms with van der Waals surface area (Å²) in [6.45, 7) is 1.07. The minimum atomic E-state index is 0.0268. The van der Waals surface area contributed by atoms with Crippen molar-refractivity contribution in [3.8, 4) is 5.75 Å². The highest BCUT2D eigenvalue weighted by molar-refractivity contribution is 6.31. The first-order valence-electron chi connectivity index (χ1n) is 6.47. The third kappa shape index (κ3) is 5.49. The number of rotatable bonds is 8. The van der Waals surface area contributed by atoms with Crippen molar-refractivity contribution in [1.29, 1.82) is 0 Å². The highest BCUT2D eigenvalue weighted by atomic mass is 35.5. The van der Waals surface area contributed by atoms with E-state index in [1.807, 2.05) is 12.1 Å². The number of hydrogen-bond acceptors (Lipinski definition) is 3. The topological polar surface area (TPSA) is 64.3 Å². The van der Waals surface area contributed by atoms with Crippen LogP contribution in [0, 0.1) is 0 Å². The largest absolute Gasteiger partial charge is 0.496 e. The van der Waals surface area contributed by atoms with E-state index < -0.39 is 0 Å². The lowest BCUT2D eigenvalue weighted by atomic mass is 10.1. The fourth-order valence-corrected chi connectivity index (χ4v) is 2.02. The molecule has 3 N–H and O–H groups in total. The van der Waals surface area contributed by atoms with E-state index in [2.05, 4.69) is 5.32 Å². The number of carbonyl (C=O) groups is 1. The molecule has 0 saturated carbocycles. The third-order valence-electron chi connectivity index (χ3n) is 2.87. The first-order valence-corrected chi connectivity index (χ1v) is 6.85. The summed E-state index contributed by atoms with van der Waals surface area (Å²) in [5.74, 6) is 0.718. The second-order valence-electron chi connectivity index (χ2n) is 4.30. The average molecular weight is 285 g/mol. The second kappa shape index (κ2) is 8.77. The molecule has 0 fully saturated rings. The molecule has 19 heavy (non-hydrogen) atoms. The Balaban J connectivity index is 2.42. The lowest BCUT2D eigenvalue weighted by molar-refractivity contribution is -0.121. The number of benzene rings is 1. The van der Waals surface area contributed by atoms with Crippen LogP contribution in [-0.4, -0.2) is 19.6 Å². The van der Waals surface area contributed by atoms with E-state index >= 15 is 0 Å². The van der Waals surface area contributed by atoms with E-state index in [0.717, 1.165) is 24.8 Å². The second-order valence-corrected chi connectivity index (χ2v) is 4.70. The Bertz CT molecular complexity index is 410. The molecule has 1 aromatic rings. The molecule has 1 amide bonds. The normalized spacial score (nSPS) is 10.3. The van der Waals surface area contributed by atoms with Gasteiger partial charge in [-0.15, -0.1) is 0 Å². The number of ether oxygens (including phenoxy) is 1. The summed E-state index contributed by atoms with van der Waals surface area (Å²) in [5.41, 5.74) is 6.21. The molecule has 0 unspecified atom stereocenters. The number of nitrogens with two attached hydrogens (primary N) is 1. The van der Waals surface area contributed by atoms with Crippen LogP contribution in [0.2, 0.25) is 5.02 Å². The molecule has 0 aromatic heterocycles. The lowest BCUT2D eigenvalue weighted by Gasteiger charge is -2.11. The van der Waals surface area contributed by atoms with Crippen LogP contribution in [0.5, 0.6) is 5.75 Å². The van der Waals surface area contributed by atoms with E-state index in [1.165, 1.54) is 0 Å². The first-order chi connectivity index (χ1) is 9.19. The van der Waals surface area contributed by atoms with Gasteiger partial charge in [0.2, 0.25) is 5.91 Å². The van der Waals surface area contributed by atoms with Crippen molar-refractivity contribution < 1.29 is 9.53 Å². The lowest BCUT2D eigenvalue weighted by Crippen LogP contribution is -2.22. The number of hydrogen-bond donors (Lipinski definition) is 2. The summed E-state index contributed by atoms with van der Waals surface area (Å²) in [4.78, 5) is 11.7. The minimum absolute atomic E-state index is 0.0268. The van der Waals surface area contributed by atoms with Gasteiger partial charge in [0.15, 0.2) is 0 Å². The van der Waals surface area contributed by atoms with Crippen LogP contribution >= 0.6 is 11.6 Å². The van der Waals surface area contributed by atoms with Crippen molar-refractivity contribution in [2.24, 2.45) is 5.73 Å². The summed E-state index contributed by atoms with van der Waals surface area (Å²) < 4.78 is 5.22. The van der Waals surface area contributed by atoms with Gasteiger partial charge in [-0.2, -0.15) is 0 Å². The third-order valence-corrected chi connectivity index (χ3v) is 3.22. The van der Waals surface area contributed by atoms with Crippen LogP contribution in [0.15, 0.2) is 18.2 Å². The number of amides is 1. The highest BCUT2D eigenvalue weighted by Gasteiger charge is 2.09. The molecule has 1 rings (SSSR count). The molecule has 106 valence electrons. The standard InChI is InChI=1S/C14H21ClN2O2/c1-19-13-7-5-6-12(15)11(13)10-17-14(18)8-3-2-4-9-16/h5-7H,2-4,8-10,16H2,1H3,(H,17,18). The van der Waals surface area contributed by atoms with Crippen molar-refractivity contribution in [2.75, 3.05) is 13.7 Å². The Kier molecular flexibility index (Phi) is 7.30. The molecule has 1 aromatic carbocycles. The molecule has 0 spiro atoms. The van der Waals surface area contributed by atoms with Crippen molar-refractivity contribution >= 4 is 17.5 Å². The molecule has 0 bridgehead atoms. The molecule has 0 atom stereocenters. The van der Waals surface area contributed by atoms with E-state index in [0.29, 0.717) is 30.3 Å². The van der Waals surface area contributed by atoms with E-state index in [4.69, 9.17) is 22.1 Å². The van der Waals surface area contributed by atoms with Gasteiger partial charge in [0, 0.05) is 23.6 Å². The van der Waals surface area contributed by atoms with Gasteiger partial charge in [0.1, 0.15) is 5.75 Å². The summed E-state index contributed by atoms with van der Waals surface area (Å²) in [6, 6.07) is 5.43. The Morgan fingerprint density at radius 2 is 2.16 bits per heavy atom. The maximum Gasteiger partial charge on any atom is 0.220 e. The summed E-state index contributed by atoms with van der Waals surface area (Å²) in [6.07, 6.45) is 3.33. The Hall–Kier alpha value is -1.26. The predicted molar refractivity (Wildman–Crippen MR) is 77.4 cm³/mol. The van der Waals surface area contributed by atoms with Crippen LogP contribution in [0.1, 0.15) is 31.2 Å². The summed E-state index contributed by atoms with van der Waals surface area (Å²) in [5, 5.41) is 3.46. The van der Waals surface area contributed by atoms with Gasteiger partial charge < -0.3 is 15.8 Å². The van der Waals surface area contributed by atoms with Gasteiger partial charge in [-0.3, -0.25) is 4.79 Å². The van der Waals surface area contributed by atoms with Crippen molar-refractivity contribution in [1.82, 2.24) is 5.32 Å². The van der Waals surface area contributed by atoms with E-state index in [-0.39, 0.29) is 5.91 Å². The SMILES string of the molecule is COc1cccc(Cl)c1CNC(=O)CCCCCN.